The number of benzene rings is 1. The van der Waals surface area contributed by atoms with Crippen LogP contribution in [0.25, 0.3) is 16.7 Å². The molecular weight excluding hydrogens is 262 g/mol. The number of hydrogen-bond donors (Lipinski definition) is 1. The highest BCUT2D eigenvalue weighted by atomic mass is 16.3. The molecule has 0 bridgehead atoms. The van der Waals surface area contributed by atoms with Gasteiger partial charge in [0.05, 0.1) is 17.8 Å². The fourth-order valence-electron chi connectivity index (χ4n) is 3.13. The Morgan fingerprint density at radius 2 is 2.00 bits per heavy atom. The van der Waals surface area contributed by atoms with Gasteiger partial charge in [-0.25, -0.2) is 9.97 Å². The number of aromatic nitrogens is 3. The van der Waals surface area contributed by atoms with E-state index in [4.69, 9.17) is 4.98 Å². The number of aliphatic hydroxyl groups excluding tert-OH is 1. The van der Waals surface area contributed by atoms with Gasteiger partial charge >= 0.3 is 0 Å². The Morgan fingerprint density at radius 3 is 2.90 bits per heavy atom. The summed E-state index contributed by atoms with van der Waals surface area (Å²) in [5.41, 5.74) is 4.22. The monoisotopic (exact) mass is 279 g/mol. The van der Waals surface area contributed by atoms with Gasteiger partial charge < -0.3 is 5.11 Å². The van der Waals surface area contributed by atoms with E-state index < -0.39 is 0 Å². The van der Waals surface area contributed by atoms with Crippen molar-refractivity contribution in [3.8, 4) is 5.82 Å². The van der Waals surface area contributed by atoms with Gasteiger partial charge in [-0.3, -0.25) is 4.57 Å². The Morgan fingerprint density at radius 1 is 1.14 bits per heavy atom. The van der Waals surface area contributed by atoms with Gasteiger partial charge in [-0.2, -0.15) is 0 Å². The third-order valence-electron chi connectivity index (χ3n) is 4.21. The van der Waals surface area contributed by atoms with Gasteiger partial charge in [0.1, 0.15) is 12.1 Å². The van der Waals surface area contributed by atoms with Crippen molar-refractivity contribution in [2.75, 3.05) is 0 Å². The van der Waals surface area contributed by atoms with Gasteiger partial charge in [0.25, 0.3) is 0 Å². The lowest BCUT2D eigenvalue weighted by Gasteiger charge is -2.16. The van der Waals surface area contributed by atoms with E-state index in [1.54, 1.807) is 0 Å². The molecule has 4 nitrogen and oxygen atoms in total. The van der Waals surface area contributed by atoms with Crippen molar-refractivity contribution in [3.63, 3.8) is 0 Å². The van der Waals surface area contributed by atoms with Crippen molar-refractivity contribution in [1.82, 2.24) is 14.5 Å². The first-order valence-corrected chi connectivity index (χ1v) is 7.42. The summed E-state index contributed by atoms with van der Waals surface area (Å²) in [6.45, 7) is -0.0138. The van der Waals surface area contributed by atoms with Crippen molar-refractivity contribution < 1.29 is 5.11 Å². The van der Waals surface area contributed by atoms with E-state index in [9.17, 15) is 5.11 Å². The number of para-hydroxylation sites is 1. The molecule has 4 heteroatoms. The summed E-state index contributed by atoms with van der Waals surface area (Å²) in [7, 11) is 0. The fraction of sp³-hybridized carbons (Fsp3) is 0.294. The maximum absolute atomic E-state index is 9.71. The van der Waals surface area contributed by atoms with Crippen LogP contribution in [-0.2, 0) is 19.4 Å². The molecule has 4 rings (SSSR count). The molecule has 0 saturated carbocycles. The number of aryl methyl sites for hydroxylation is 1. The van der Waals surface area contributed by atoms with Gasteiger partial charge in [-0.1, -0.05) is 18.2 Å². The van der Waals surface area contributed by atoms with Crippen LogP contribution in [0, 0.1) is 0 Å². The second kappa shape index (κ2) is 4.97. The van der Waals surface area contributed by atoms with Crippen LogP contribution in [0.2, 0.25) is 0 Å². The molecule has 21 heavy (non-hydrogen) atoms. The maximum Gasteiger partial charge on any atom is 0.144 e. The molecule has 0 radical (unpaired) electrons. The molecule has 0 fully saturated rings. The molecule has 0 atom stereocenters. The van der Waals surface area contributed by atoms with Crippen LogP contribution in [0.5, 0.6) is 0 Å². The van der Waals surface area contributed by atoms with Crippen molar-refractivity contribution >= 4 is 10.9 Å². The number of fused-ring (bicyclic) bond motifs is 2. The van der Waals surface area contributed by atoms with Gasteiger partial charge in [-0.05, 0) is 37.8 Å². The molecular formula is C17H17N3O. The van der Waals surface area contributed by atoms with Gasteiger partial charge in [0.15, 0.2) is 0 Å². The minimum absolute atomic E-state index is 0.0138. The third-order valence-corrected chi connectivity index (χ3v) is 4.21. The molecule has 3 aromatic rings. The Balaban J connectivity index is 1.94. The molecule has 0 amide bonds. The van der Waals surface area contributed by atoms with E-state index in [0.717, 1.165) is 35.1 Å². The summed E-state index contributed by atoms with van der Waals surface area (Å²) in [5.74, 6) is 0.812. The van der Waals surface area contributed by atoms with Gasteiger partial charge in [0.2, 0.25) is 0 Å². The molecule has 2 heterocycles. The molecule has 0 aliphatic heterocycles. The first kappa shape index (κ1) is 12.5. The molecule has 106 valence electrons. The van der Waals surface area contributed by atoms with E-state index in [1.165, 1.54) is 24.2 Å². The van der Waals surface area contributed by atoms with Crippen LogP contribution >= 0.6 is 0 Å². The highest BCUT2D eigenvalue weighted by Crippen LogP contribution is 2.26. The number of aliphatic hydroxyl groups is 1. The summed E-state index contributed by atoms with van der Waals surface area (Å²) in [6.07, 6.45) is 6.34. The first-order chi connectivity index (χ1) is 10.4. The highest BCUT2D eigenvalue weighted by molar-refractivity contribution is 5.80. The lowest BCUT2D eigenvalue weighted by Crippen LogP contribution is -2.10. The average molecular weight is 279 g/mol. The van der Waals surface area contributed by atoms with Crippen molar-refractivity contribution in [1.29, 1.82) is 0 Å². The Hall–Kier alpha value is -2.20. The summed E-state index contributed by atoms with van der Waals surface area (Å²) in [6, 6.07) is 10.0. The lowest BCUT2D eigenvalue weighted by molar-refractivity contribution is 0.281. The number of pyridine rings is 1. The molecule has 0 spiro atoms. The Bertz CT molecular complexity index is 807. The van der Waals surface area contributed by atoms with Crippen LogP contribution in [0.15, 0.2) is 36.7 Å². The zero-order valence-corrected chi connectivity index (χ0v) is 11.8. The van der Waals surface area contributed by atoms with E-state index in [2.05, 4.69) is 9.55 Å². The Labute approximate surface area is 123 Å². The molecule has 1 aliphatic rings. The van der Waals surface area contributed by atoms with E-state index in [-0.39, 0.29) is 6.61 Å². The maximum atomic E-state index is 9.71. The van der Waals surface area contributed by atoms with Crippen molar-refractivity contribution in [2.45, 2.75) is 32.3 Å². The third kappa shape index (κ3) is 2.03. The van der Waals surface area contributed by atoms with E-state index >= 15 is 0 Å². The summed E-state index contributed by atoms with van der Waals surface area (Å²) >= 11 is 0. The molecule has 1 aliphatic carbocycles. The zero-order chi connectivity index (χ0) is 14.2. The molecule has 1 aromatic carbocycles. The van der Waals surface area contributed by atoms with Gasteiger partial charge in [-0.15, -0.1) is 0 Å². The summed E-state index contributed by atoms with van der Waals surface area (Å²) < 4.78 is 2.06. The van der Waals surface area contributed by atoms with Crippen molar-refractivity contribution in [2.24, 2.45) is 0 Å². The highest BCUT2D eigenvalue weighted by Gasteiger charge is 2.18. The molecule has 1 N–H and O–H groups in total. The van der Waals surface area contributed by atoms with E-state index in [0.29, 0.717) is 0 Å². The largest absolute Gasteiger partial charge is 0.392 e. The predicted molar refractivity (Wildman–Crippen MR) is 81.4 cm³/mol. The summed E-state index contributed by atoms with van der Waals surface area (Å²) in [5, 5.41) is 10.8. The Kier molecular flexibility index (Phi) is 2.97. The van der Waals surface area contributed by atoms with Crippen molar-refractivity contribution in [3.05, 3.63) is 53.6 Å². The normalized spacial score (nSPS) is 14.3. The van der Waals surface area contributed by atoms with Crippen LogP contribution < -0.4 is 0 Å². The standard InChI is InChI=1S/C17H17N3O/c21-10-13-9-12-5-1-2-6-14(12)19-17(13)20-11-18-15-7-3-4-8-16(15)20/h1-2,5-6,9,11,21H,3-4,7-8,10H2. The lowest BCUT2D eigenvalue weighted by atomic mass is 10.0. The first-order valence-electron chi connectivity index (χ1n) is 7.42. The quantitative estimate of drug-likeness (QED) is 0.784. The molecule has 0 saturated heterocycles. The number of nitrogens with zero attached hydrogens (tertiary/aromatic N) is 3. The topological polar surface area (TPSA) is 50.9 Å². The second-order valence-electron chi connectivity index (χ2n) is 5.54. The average Bonchev–Trinajstić information content (AvgIpc) is 2.97. The van der Waals surface area contributed by atoms with Gasteiger partial charge in [0, 0.05) is 16.6 Å². The molecule has 2 aromatic heterocycles. The van der Waals surface area contributed by atoms with E-state index in [1.807, 2.05) is 36.7 Å². The minimum Gasteiger partial charge on any atom is -0.392 e. The predicted octanol–water partition coefficient (Wildman–Crippen LogP) is 2.79. The number of imidazole rings is 1. The SMILES string of the molecule is OCc1cc2ccccc2nc1-n1cnc2c1CCCC2. The van der Waals surface area contributed by atoms with Crippen LogP contribution in [0.3, 0.4) is 0 Å². The zero-order valence-electron chi connectivity index (χ0n) is 11.8. The van der Waals surface area contributed by atoms with Crippen LogP contribution in [0.4, 0.5) is 0 Å². The smallest absolute Gasteiger partial charge is 0.144 e. The van der Waals surface area contributed by atoms with Crippen LogP contribution in [-0.4, -0.2) is 19.6 Å². The summed E-state index contributed by atoms with van der Waals surface area (Å²) in [4.78, 5) is 9.29. The number of hydrogen-bond acceptors (Lipinski definition) is 3. The second-order valence-corrected chi connectivity index (χ2v) is 5.54. The van der Waals surface area contributed by atoms with Crippen LogP contribution in [0.1, 0.15) is 29.8 Å². The fourth-order valence-corrected chi connectivity index (χ4v) is 3.13. The molecule has 0 unspecified atom stereocenters. The number of rotatable bonds is 2. The minimum atomic E-state index is -0.0138.